The SMILES string of the molecule is C[C@@H]1CC(C)(C)C[C@@]2(C1)NC(=O)N(CC(N)=O)C2=O. The van der Waals surface area contributed by atoms with E-state index in [2.05, 4.69) is 26.1 Å². The fourth-order valence-electron chi connectivity index (χ4n) is 3.81. The first-order valence-corrected chi connectivity index (χ1v) is 6.58. The lowest BCUT2D eigenvalue weighted by Crippen LogP contribution is -2.54. The molecule has 2 aliphatic rings. The zero-order valence-corrected chi connectivity index (χ0v) is 11.7. The second kappa shape index (κ2) is 4.21. The number of nitrogens with one attached hydrogen (secondary N) is 1. The third-order valence-corrected chi connectivity index (χ3v) is 3.94. The van der Waals surface area contributed by atoms with Crippen LogP contribution in [0.4, 0.5) is 4.79 Å². The maximum atomic E-state index is 12.5. The van der Waals surface area contributed by atoms with Crippen molar-refractivity contribution in [3.8, 4) is 0 Å². The van der Waals surface area contributed by atoms with Gasteiger partial charge < -0.3 is 11.1 Å². The summed E-state index contributed by atoms with van der Waals surface area (Å²) in [7, 11) is 0. The van der Waals surface area contributed by atoms with Crippen LogP contribution >= 0.6 is 0 Å². The fraction of sp³-hybridized carbons (Fsp3) is 0.769. The van der Waals surface area contributed by atoms with Gasteiger partial charge in [0.1, 0.15) is 12.1 Å². The average Bonchev–Trinajstić information content (AvgIpc) is 2.38. The van der Waals surface area contributed by atoms with E-state index in [-0.39, 0.29) is 17.9 Å². The summed E-state index contributed by atoms with van der Waals surface area (Å²) in [6.07, 6.45) is 2.24. The van der Waals surface area contributed by atoms with Gasteiger partial charge in [-0.25, -0.2) is 4.79 Å². The zero-order chi connectivity index (χ0) is 14.4. The Balaban J connectivity index is 2.28. The highest BCUT2D eigenvalue weighted by Crippen LogP contribution is 2.46. The number of hydrogen-bond acceptors (Lipinski definition) is 3. The predicted octanol–water partition coefficient (Wildman–Crippen LogP) is 0.609. The zero-order valence-electron chi connectivity index (χ0n) is 11.7. The van der Waals surface area contributed by atoms with Crippen LogP contribution in [-0.4, -0.2) is 34.8 Å². The standard InChI is InChI=1S/C13H21N3O3/c1-8-4-12(2,3)7-13(5-8)10(18)16(6-9(14)17)11(19)15-13/h8H,4-7H2,1-3H3,(H2,14,17)(H,15,19)/t8-,13-/m1/s1. The Hall–Kier alpha value is -1.59. The summed E-state index contributed by atoms with van der Waals surface area (Å²) in [4.78, 5) is 36.3. The molecule has 0 aromatic carbocycles. The normalized spacial score (nSPS) is 33.6. The third kappa shape index (κ3) is 2.43. The Bertz CT molecular complexity index is 446. The molecule has 106 valence electrons. The molecule has 1 saturated heterocycles. The lowest BCUT2D eigenvalue weighted by molar-refractivity contribution is -0.137. The van der Waals surface area contributed by atoms with Gasteiger partial charge in [0.2, 0.25) is 5.91 Å². The second-order valence-electron chi connectivity index (χ2n) is 6.72. The number of nitrogens with two attached hydrogens (primary N) is 1. The number of carbonyl (C=O) groups is 3. The number of nitrogens with zero attached hydrogens (tertiary/aromatic N) is 1. The highest BCUT2D eigenvalue weighted by molar-refractivity contribution is 6.09. The van der Waals surface area contributed by atoms with Crippen LogP contribution in [0.3, 0.4) is 0 Å². The van der Waals surface area contributed by atoms with Crippen LogP contribution in [0.1, 0.15) is 40.0 Å². The second-order valence-corrected chi connectivity index (χ2v) is 6.72. The molecule has 1 heterocycles. The highest BCUT2D eigenvalue weighted by Gasteiger charge is 2.56. The van der Waals surface area contributed by atoms with Gasteiger partial charge in [-0.3, -0.25) is 14.5 Å². The number of primary amides is 1. The number of imide groups is 1. The Morgan fingerprint density at radius 3 is 2.58 bits per heavy atom. The molecule has 3 N–H and O–H groups in total. The van der Waals surface area contributed by atoms with Gasteiger partial charge in [0.25, 0.3) is 5.91 Å². The van der Waals surface area contributed by atoms with E-state index in [0.717, 1.165) is 11.3 Å². The van der Waals surface area contributed by atoms with E-state index < -0.39 is 17.5 Å². The molecule has 2 fully saturated rings. The molecule has 1 saturated carbocycles. The summed E-state index contributed by atoms with van der Waals surface area (Å²) >= 11 is 0. The molecule has 0 radical (unpaired) electrons. The molecule has 1 aliphatic carbocycles. The molecule has 1 aliphatic heterocycles. The van der Waals surface area contributed by atoms with Crippen LogP contribution in [-0.2, 0) is 9.59 Å². The van der Waals surface area contributed by atoms with E-state index in [0.29, 0.717) is 18.8 Å². The minimum atomic E-state index is -0.853. The summed E-state index contributed by atoms with van der Waals surface area (Å²) < 4.78 is 0. The van der Waals surface area contributed by atoms with Crippen molar-refractivity contribution >= 4 is 17.8 Å². The van der Waals surface area contributed by atoms with Gasteiger partial charge in [0.05, 0.1) is 0 Å². The molecular weight excluding hydrogens is 246 g/mol. The lowest BCUT2D eigenvalue weighted by atomic mass is 9.64. The summed E-state index contributed by atoms with van der Waals surface area (Å²) in [5.74, 6) is -0.638. The molecule has 6 heteroatoms. The van der Waals surface area contributed by atoms with Crippen LogP contribution in [0.5, 0.6) is 0 Å². The Morgan fingerprint density at radius 1 is 1.42 bits per heavy atom. The monoisotopic (exact) mass is 267 g/mol. The van der Waals surface area contributed by atoms with Gasteiger partial charge in [-0.2, -0.15) is 0 Å². The number of rotatable bonds is 2. The molecule has 1 spiro atoms. The number of amides is 4. The van der Waals surface area contributed by atoms with Crippen molar-refractivity contribution in [2.75, 3.05) is 6.54 Å². The van der Waals surface area contributed by atoms with E-state index >= 15 is 0 Å². The van der Waals surface area contributed by atoms with Crippen molar-refractivity contribution < 1.29 is 14.4 Å². The molecule has 4 amide bonds. The summed E-state index contributed by atoms with van der Waals surface area (Å²) in [6.45, 7) is 5.93. The molecule has 19 heavy (non-hydrogen) atoms. The summed E-state index contributed by atoms with van der Waals surface area (Å²) in [6, 6.07) is -0.506. The van der Waals surface area contributed by atoms with Crippen LogP contribution in [0.2, 0.25) is 0 Å². The fourth-order valence-corrected chi connectivity index (χ4v) is 3.81. The first-order chi connectivity index (χ1) is 8.65. The van der Waals surface area contributed by atoms with Crippen LogP contribution in [0.15, 0.2) is 0 Å². The van der Waals surface area contributed by atoms with E-state index in [1.54, 1.807) is 0 Å². The maximum absolute atomic E-state index is 12.5. The average molecular weight is 267 g/mol. The van der Waals surface area contributed by atoms with Gasteiger partial charge in [0.15, 0.2) is 0 Å². The van der Waals surface area contributed by atoms with Crippen molar-refractivity contribution in [1.82, 2.24) is 10.2 Å². The van der Waals surface area contributed by atoms with E-state index in [1.165, 1.54) is 0 Å². The van der Waals surface area contributed by atoms with Gasteiger partial charge in [-0.1, -0.05) is 20.8 Å². The van der Waals surface area contributed by atoms with Crippen molar-refractivity contribution in [2.24, 2.45) is 17.1 Å². The molecular formula is C13H21N3O3. The molecule has 0 aromatic rings. The van der Waals surface area contributed by atoms with Crippen molar-refractivity contribution in [2.45, 2.75) is 45.6 Å². The molecule has 0 aromatic heterocycles. The van der Waals surface area contributed by atoms with E-state index in [1.807, 2.05) is 0 Å². The van der Waals surface area contributed by atoms with Gasteiger partial charge in [-0.05, 0) is 30.6 Å². The minimum Gasteiger partial charge on any atom is -0.368 e. The topological polar surface area (TPSA) is 92.5 Å². The largest absolute Gasteiger partial charge is 0.368 e. The van der Waals surface area contributed by atoms with E-state index in [9.17, 15) is 14.4 Å². The van der Waals surface area contributed by atoms with Gasteiger partial charge >= 0.3 is 6.03 Å². The summed E-state index contributed by atoms with van der Waals surface area (Å²) in [5.41, 5.74) is 4.22. The number of hydrogen-bond donors (Lipinski definition) is 2. The first kappa shape index (κ1) is 13.8. The van der Waals surface area contributed by atoms with Crippen molar-refractivity contribution in [3.63, 3.8) is 0 Å². The minimum absolute atomic E-state index is 0.0106. The molecule has 0 bridgehead atoms. The van der Waals surface area contributed by atoms with Crippen LogP contribution in [0, 0.1) is 11.3 Å². The van der Waals surface area contributed by atoms with Crippen LogP contribution < -0.4 is 11.1 Å². The predicted molar refractivity (Wildman–Crippen MR) is 69.0 cm³/mol. The quantitative estimate of drug-likeness (QED) is 0.718. The maximum Gasteiger partial charge on any atom is 0.325 e. The molecule has 0 unspecified atom stereocenters. The molecule has 2 rings (SSSR count). The molecule has 2 atom stereocenters. The van der Waals surface area contributed by atoms with Gasteiger partial charge in [0, 0.05) is 0 Å². The Labute approximate surface area is 112 Å². The lowest BCUT2D eigenvalue weighted by Gasteiger charge is -2.43. The van der Waals surface area contributed by atoms with E-state index in [4.69, 9.17) is 5.73 Å². The first-order valence-electron chi connectivity index (χ1n) is 6.58. The van der Waals surface area contributed by atoms with Crippen molar-refractivity contribution in [3.05, 3.63) is 0 Å². The molecule has 6 nitrogen and oxygen atoms in total. The van der Waals surface area contributed by atoms with Crippen molar-refractivity contribution in [1.29, 1.82) is 0 Å². The Kier molecular flexibility index (Phi) is 3.07. The smallest absolute Gasteiger partial charge is 0.325 e. The number of urea groups is 1. The Morgan fingerprint density at radius 2 is 2.05 bits per heavy atom. The van der Waals surface area contributed by atoms with Gasteiger partial charge in [-0.15, -0.1) is 0 Å². The van der Waals surface area contributed by atoms with Crippen LogP contribution in [0.25, 0.3) is 0 Å². The summed E-state index contributed by atoms with van der Waals surface area (Å²) in [5, 5.41) is 2.79. The third-order valence-electron chi connectivity index (χ3n) is 3.94. The highest BCUT2D eigenvalue weighted by atomic mass is 16.2. The number of carbonyl (C=O) groups excluding carboxylic acids is 3.